The molecule has 0 saturated heterocycles. The number of amides is 1. The molecule has 1 amide bonds. The van der Waals surface area contributed by atoms with Crippen LogP contribution in [0, 0.1) is 0 Å². The van der Waals surface area contributed by atoms with E-state index >= 15 is 0 Å². The van der Waals surface area contributed by atoms with Crippen LogP contribution in [0.2, 0.25) is 5.02 Å². The average Bonchev–Trinajstić information content (AvgIpc) is 3.81. The zero-order valence-corrected chi connectivity index (χ0v) is 24.5. The van der Waals surface area contributed by atoms with E-state index < -0.39 is 12.0 Å². The monoisotopic (exact) mass is 583 g/mol. The number of hydrogen-bond donors (Lipinski definition) is 2. The lowest BCUT2D eigenvalue weighted by Gasteiger charge is -2.24. The molecule has 4 aromatic rings. The van der Waals surface area contributed by atoms with Gasteiger partial charge in [-0.25, -0.2) is 4.98 Å². The number of hydrogen-bond acceptors (Lipinski definition) is 5. The fourth-order valence-corrected chi connectivity index (χ4v) is 6.02. The summed E-state index contributed by atoms with van der Waals surface area (Å²) >= 11 is 6.26. The van der Waals surface area contributed by atoms with Gasteiger partial charge < -0.3 is 19.7 Å². The number of aromatic nitrogens is 2. The first-order valence-electron chi connectivity index (χ1n) is 14.5. The highest BCUT2D eigenvalue weighted by Gasteiger charge is 2.48. The molecule has 1 aliphatic heterocycles. The normalized spacial score (nSPS) is 16.5. The summed E-state index contributed by atoms with van der Waals surface area (Å²) < 4.78 is 5.83. The smallest absolute Gasteiger partial charge is 0.256 e. The molecule has 0 radical (unpaired) electrons. The number of aryl methyl sites for hydroxylation is 1. The predicted molar refractivity (Wildman–Crippen MR) is 163 cm³/mol. The van der Waals surface area contributed by atoms with Gasteiger partial charge >= 0.3 is 0 Å². The maximum Gasteiger partial charge on any atom is 0.256 e. The van der Waals surface area contributed by atoms with Gasteiger partial charge in [-0.1, -0.05) is 54.1 Å². The van der Waals surface area contributed by atoms with Crippen molar-refractivity contribution in [2.45, 2.75) is 63.7 Å². The Morgan fingerprint density at radius 3 is 2.52 bits per heavy atom. The van der Waals surface area contributed by atoms with E-state index in [0.717, 1.165) is 41.0 Å². The van der Waals surface area contributed by atoms with Crippen molar-refractivity contribution < 1.29 is 14.6 Å². The number of benzene rings is 3. The molecule has 2 aliphatic rings. The Labute approximate surface area is 250 Å². The standard InChI is InChI=1S/C34H34ClN3O4/c1-21(2)42-27-12-4-8-23(18-27)22-7-3-9-24(17-22)30(39)32(41)38-16-6-13-29-28(20-38)31(40)37-33(36-29)34(14-15-34)25-10-5-11-26(35)19-25/h3-5,7-12,17-19,21,30,39H,6,13-16,20H2,1-2H3,(H,36,37,40). The molecule has 0 bridgehead atoms. The maximum atomic E-state index is 13.6. The van der Waals surface area contributed by atoms with Gasteiger partial charge in [0.05, 0.1) is 29.3 Å². The van der Waals surface area contributed by atoms with Gasteiger partial charge in [-0.2, -0.15) is 0 Å². The van der Waals surface area contributed by atoms with Crippen LogP contribution in [0.25, 0.3) is 11.1 Å². The quantitative estimate of drug-likeness (QED) is 0.280. The van der Waals surface area contributed by atoms with E-state index in [9.17, 15) is 14.7 Å². The first kappa shape index (κ1) is 28.2. The molecule has 42 heavy (non-hydrogen) atoms. The van der Waals surface area contributed by atoms with Crippen molar-refractivity contribution in [1.29, 1.82) is 0 Å². The van der Waals surface area contributed by atoms with E-state index in [1.165, 1.54) is 0 Å². The van der Waals surface area contributed by atoms with Gasteiger partial charge in [0.25, 0.3) is 11.5 Å². The molecule has 2 N–H and O–H groups in total. The van der Waals surface area contributed by atoms with Crippen molar-refractivity contribution in [3.63, 3.8) is 0 Å². The molecule has 2 heterocycles. The highest BCUT2D eigenvalue weighted by molar-refractivity contribution is 6.30. The van der Waals surface area contributed by atoms with Gasteiger partial charge in [0.15, 0.2) is 6.10 Å². The fraction of sp³-hybridized carbons (Fsp3) is 0.324. The van der Waals surface area contributed by atoms with Crippen LogP contribution >= 0.6 is 11.6 Å². The van der Waals surface area contributed by atoms with Gasteiger partial charge in [0, 0.05) is 11.6 Å². The minimum absolute atomic E-state index is 0.0524. The second-order valence-electron chi connectivity index (χ2n) is 11.5. The molecular formula is C34H34ClN3O4. The van der Waals surface area contributed by atoms with E-state index in [0.29, 0.717) is 41.4 Å². The van der Waals surface area contributed by atoms with E-state index in [-0.39, 0.29) is 23.6 Å². The summed E-state index contributed by atoms with van der Waals surface area (Å²) in [7, 11) is 0. The van der Waals surface area contributed by atoms with Crippen LogP contribution in [-0.2, 0) is 23.2 Å². The molecule has 3 aromatic carbocycles. The van der Waals surface area contributed by atoms with Crippen molar-refractivity contribution in [3.05, 3.63) is 116 Å². The van der Waals surface area contributed by atoms with Crippen LogP contribution < -0.4 is 10.3 Å². The summed E-state index contributed by atoms with van der Waals surface area (Å²) in [6.07, 6.45) is 1.71. The molecule has 7 nitrogen and oxygen atoms in total. The van der Waals surface area contributed by atoms with Crippen molar-refractivity contribution in [3.8, 4) is 16.9 Å². The molecule has 8 heteroatoms. The van der Waals surface area contributed by atoms with Crippen molar-refractivity contribution in [2.75, 3.05) is 6.54 Å². The molecule has 1 atom stereocenters. The molecule has 6 rings (SSSR count). The fourth-order valence-electron chi connectivity index (χ4n) is 5.83. The molecule has 1 aromatic heterocycles. The average molecular weight is 584 g/mol. The number of rotatable bonds is 7. The summed E-state index contributed by atoms with van der Waals surface area (Å²) in [5.74, 6) is 0.987. The second kappa shape index (κ2) is 11.4. The number of carbonyl (C=O) groups excluding carboxylic acids is 1. The molecule has 216 valence electrons. The van der Waals surface area contributed by atoms with Gasteiger partial charge in [-0.15, -0.1) is 0 Å². The molecule has 1 aliphatic carbocycles. The summed E-state index contributed by atoms with van der Waals surface area (Å²) in [4.78, 5) is 36.5. The van der Waals surface area contributed by atoms with Crippen LogP contribution in [-0.4, -0.2) is 38.5 Å². The van der Waals surface area contributed by atoms with Gasteiger partial charge in [-0.05, 0) is 92.1 Å². The van der Waals surface area contributed by atoms with Gasteiger partial charge in [0.1, 0.15) is 11.6 Å². The molecule has 1 fully saturated rings. The highest BCUT2D eigenvalue weighted by atomic mass is 35.5. The number of aliphatic hydroxyl groups is 1. The topological polar surface area (TPSA) is 95.5 Å². The Morgan fingerprint density at radius 2 is 1.79 bits per heavy atom. The van der Waals surface area contributed by atoms with Crippen LogP contribution in [0.5, 0.6) is 5.75 Å². The zero-order valence-electron chi connectivity index (χ0n) is 23.8. The third-order valence-corrected chi connectivity index (χ3v) is 8.39. The van der Waals surface area contributed by atoms with E-state index in [2.05, 4.69) is 4.98 Å². The first-order valence-corrected chi connectivity index (χ1v) is 14.8. The second-order valence-corrected chi connectivity index (χ2v) is 12.0. The Bertz CT molecular complexity index is 1690. The number of aliphatic hydroxyl groups excluding tert-OH is 1. The summed E-state index contributed by atoms with van der Waals surface area (Å²) in [6, 6.07) is 22.8. The minimum atomic E-state index is -1.36. The largest absolute Gasteiger partial charge is 0.491 e. The van der Waals surface area contributed by atoms with Crippen molar-refractivity contribution >= 4 is 17.5 Å². The van der Waals surface area contributed by atoms with Gasteiger partial charge in [-0.3, -0.25) is 9.59 Å². The number of nitrogens with one attached hydrogen (secondary N) is 1. The number of H-pyrrole nitrogens is 1. The Balaban J connectivity index is 1.23. The van der Waals surface area contributed by atoms with E-state index in [1.807, 2.05) is 80.6 Å². The first-order chi connectivity index (χ1) is 20.2. The molecule has 0 spiro atoms. The zero-order chi connectivity index (χ0) is 29.4. The number of fused-ring (bicyclic) bond motifs is 1. The predicted octanol–water partition coefficient (Wildman–Crippen LogP) is 5.97. The molecular weight excluding hydrogens is 550 g/mol. The summed E-state index contributed by atoms with van der Waals surface area (Å²) in [5.41, 5.74) is 3.98. The Hall–Kier alpha value is -3.94. The Morgan fingerprint density at radius 1 is 1.05 bits per heavy atom. The number of ether oxygens (including phenoxy) is 1. The van der Waals surface area contributed by atoms with Crippen molar-refractivity contribution in [1.82, 2.24) is 14.9 Å². The van der Waals surface area contributed by atoms with Crippen LogP contribution in [0.15, 0.2) is 77.6 Å². The SMILES string of the molecule is CC(C)Oc1cccc(-c2cccc(C(O)C(=O)N3CCCc4nc(C5(c6cccc(Cl)c6)CC5)[nH]c(=O)c4C3)c2)c1. The van der Waals surface area contributed by atoms with Crippen LogP contribution in [0.1, 0.15) is 67.4 Å². The van der Waals surface area contributed by atoms with E-state index in [1.54, 1.807) is 11.0 Å². The number of halogens is 1. The minimum Gasteiger partial charge on any atom is -0.491 e. The number of aromatic amines is 1. The summed E-state index contributed by atoms with van der Waals surface area (Å²) in [6.45, 7) is 4.48. The number of nitrogens with zero attached hydrogens (tertiary/aromatic N) is 2. The number of carbonyl (C=O) groups is 1. The van der Waals surface area contributed by atoms with Crippen LogP contribution in [0.4, 0.5) is 0 Å². The highest BCUT2D eigenvalue weighted by Crippen LogP contribution is 2.52. The third-order valence-electron chi connectivity index (χ3n) is 8.16. The van der Waals surface area contributed by atoms with Crippen molar-refractivity contribution in [2.24, 2.45) is 0 Å². The van der Waals surface area contributed by atoms with Crippen LogP contribution in [0.3, 0.4) is 0 Å². The lowest BCUT2D eigenvalue weighted by molar-refractivity contribution is -0.141. The third kappa shape index (κ3) is 5.59. The molecule has 1 saturated carbocycles. The van der Waals surface area contributed by atoms with E-state index in [4.69, 9.17) is 21.3 Å². The lowest BCUT2D eigenvalue weighted by atomic mass is 9.94. The molecule has 1 unspecified atom stereocenters. The van der Waals surface area contributed by atoms with Gasteiger partial charge in [0.2, 0.25) is 0 Å². The maximum absolute atomic E-state index is 13.6. The lowest BCUT2D eigenvalue weighted by Crippen LogP contribution is -2.36. The Kier molecular flexibility index (Phi) is 7.64. The summed E-state index contributed by atoms with van der Waals surface area (Å²) in [5, 5.41) is 11.8.